The Morgan fingerprint density at radius 3 is 2.18 bits per heavy atom. The second-order valence-corrected chi connectivity index (χ2v) is 3.14. The van der Waals surface area contributed by atoms with Gasteiger partial charge in [0.25, 0.3) is 0 Å². The molecule has 0 spiro atoms. The van der Waals surface area contributed by atoms with Gasteiger partial charge in [-0.3, -0.25) is 0 Å². The maximum absolute atomic E-state index is 10.4. The summed E-state index contributed by atoms with van der Waals surface area (Å²) < 4.78 is 15.4. The Bertz CT molecular complexity index is 380. The van der Waals surface area contributed by atoms with Crippen LogP contribution in [0, 0.1) is 0 Å². The van der Waals surface area contributed by atoms with E-state index >= 15 is 0 Å². The number of anilines is 1. The van der Waals surface area contributed by atoms with Crippen LogP contribution in [0.5, 0.6) is 17.2 Å². The van der Waals surface area contributed by atoms with Crippen molar-refractivity contribution in [1.29, 1.82) is 0 Å². The van der Waals surface area contributed by atoms with E-state index in [2.05, 4.69) is 5.32 Å². The highest BCUT2D eigenvalue weighted by atomic mass is 16.5. The molecule has 0 fully saturated rings. The van der Waals surface area contributed by atoms with Gasteiger partial charge in [0.2, 0.25) is 0 Å². The summed E-state index contributed by atoms with van der Waals surface area (Å²) in [4.78, 5) is 10.4. The summed E-state index contributed by atoms with van der Waals surface area (Å²) in [5, 5.41) is 11.5. The lowest BCUT2D eigenvalue weighted by Gasteiger charge is -2.14. The van der Waals surface area contributed by atoms with Crippen LogP contribution < -0.4 is 19.5 Å². The quantitative estimate of drug-likeness (QED) is 0.779. The average Bonchev–Trinajstić information content (AvgIpc) is 2.34. The molecule has 6 heteroatoms. The second-order valence-electron chi connectivity index (χ2n) is 3.14. The molecule has 0 aliphatic rings. The largest absolute Gasteiger partial charge is 0.494 e. The predicted molar refractivity (Wildman–Crippen MR) is 62.2 cm³/mol. The van der Waals surface area contributed by atoms with E-state index in [1.54, 1.807) is 19.2 Å². The molecule has 0 unspecified atom stereocenters. The van der Waals surface area contributed by atoms with Gasteiger partial charge in [-0.05, 0) is 0 Å². The van der Waals surface area contributed by atoms with Crippen molar-refractivity contribution in [3.05, 3.63) is 12.1 Å². The van der Waals surface area contributed by atoms with E-state index in [4.69, 9.17) is 19.3 Å². The summed E-state index contributed by atoms with van der Waals surface area (Å²) in [6.45, 7) is -0.411. The molecule has 0 atom stereocenters. The number of methoxy groups -OCH3 is 2. The monoisotopic (exact) mass is 241 g/mol. The van der Waals surface area contributed by atoms with Crippen LogP contribution in [0.15, 0.2) is 12.1 Å². The Morgan fingerprint density at radius 2 is 1.82 bits per heavy atom. The van der Waals surface area contributed by atoms with Crippen LogP contribution in [0.2, 0.25) is 0 Å². The molecule has 0 saturated carbocycles. The molecule has 94 valence electrons. The van der Waals surface area contributed by atoms with Crippen LogP contribution in [0.25, 0.3) is 0 Å². The molecule has 0 aliphatic heterocycles. The Hall–Kier alpha value is -2.11. The summed E-state index contributed by atoms with van der Waals surface area (Å²) >= 11 is 0. The molecule has 0 saturated heterocycles. The standard InChI is InChI=1S/C11H15NO5/c1-12-11-8(15-2)4-7(5-9(11)16-3)17-6-10(13)14/h4-5,12H,6H2,1-3H3,(H,13,14). The van der Waals surface area contributed by atoms with Crippen molar-refractivity contribution < 1.29 is 24.1 Å². The summed E-state index contributed by atoms with van der Waals surface area (Å²) in [5.41, 5.74) is 0.678. The van der Waals surface area contributed by atoms with Crippen LogP contribution in [0.4, 0.5) is 5.69 Å². The van der Waals surface area contributed by atoms with Gasteiger partial charge < -0.3 is 24.6 Å². The first-order valence-electron chi connectivity index (χ1n) is 4.90. The van der Waals surface area contributed by atoms with Gasteiger partial charge in [0, 0.05) is 19.2 Å². The third-order valence-electron chi connectivity index (χ3n) is 2.09. The lowest BCUT2D eigenvalue weighted by molar-refractivity contribution is -0.139. The molecule has 1 aromatic carbocycles. The van der Waals surface area contributed by atoms with Gasteiger partial charge in [0.1, 0.15) is 22.9 Å². The van der Waals surface area contributed by atoms with Crippen molar-refractivity contribution >= 4 is 11.7 Å². The van der Waals surface area contributed by atoms with Crippen molar-refractivity contribution in [2.24, 2.45) is 0 Å². The number of hydrogen-bond acceptors (Lipinski definition) is 5. The Morgan fingerprint density at radius 1 is 1.29 bits per heavy atom. The van der Waals surface area contributed by atoms with Crippen molar-refractivity contribution in [3.63, 3.8) is 0 Å². The second kappa shape index (κ2) is 5.83. The van der Waals surface area contributed by atoms with Crippen LogP contribution in [-0.4, -0.2) is 38.9 Å². The number of hydrogen-bond donors (Lipinski definition) is 2. The van der Waals surface area contributed by atoms with Gasteiger partial charge in [0.05, 0.1) is 14.2 Å². The van der Waals surface area contributed by atoms with Gasteiger partial charge in [-0.15, -0.1) is 0 Å². The maximum atomic E-state index is 10.4. The molecule has 0 aromatic heterocycles. The van der Waals surface area contributed by atoms with E-state index < -0.39 is 12.6 Å². The SMILES string of the molecule is CNc1c(OC)cc(OCC(=O)O)cc1OC. The number of carboxylic acids is 1. The van der Waals surface area contributed by atoms with Crippen molar-refractivity contribution in [2.75, 3.05) is 33.2 Å². The first kappa shape index (κ1) is 13.0. The molecule has 0 amide bonds. The molecule has 6 nitrogen and oxygen atoms in total. The zero-order valence-corrected chi connectivity index (χ0v) is 9.94. The lowest BCUT2D eigenvalue weighted by atomic mass is 10.2. The Kier molecular flexibility index (Phi) is 4.45. The zero-order chi connectivity index (χ0) is 12.8. The number of ether oxygens (including phenoxy) is 3. The van der Waals surface area contributed by atoms with Crippen molar-refractivity contribution in [1.82, 2.24) is 0 Å². The maximum Gasteiger partial charge on any atom is 0.341 e. The summed E-state index contributed by atoms with van der Waals surface area (Å²) in [7, 11) is 4.76. The minimum atomic E-state index is -1.04. The molecular formula is C11H15NO5. The summed E-state index contributed by atoms with van der Waals surface area (Å²) in [6.07, 6.45) is 0. The van der Waals surface area contributed by atoms with E-state index in [0.717, 1.165) is 0 Å². The van der Waals surface area contributed by atoms with E-state index in [1.807, 2.05) is 0 Å². The van der Waals surface area contributed by atoms with Gasteiger partial charge in [-0.1, -0.05) is 0 Å². The van der Waals surface area contributed by atoms with Crippen molar-refractivity contribution in [3.8, 4) is 17.2 Å². The summed E-state index contributed by atoms with van der Waals surface area (Å²) in [5.74, 6) is 0.375. The van der Waals surface area contributed by atoms with Gasteiger partial charge in [-0.25, -0.2) is 4.79 Å². The van der Waals surface area contributed by atoms with Gasteiger partial charge in [-0.2, -0.15) is 0 Å². The highest BCUT2D eigenvalue weighted by Gasteiger charge is 2.12. The number of rotatable bonds is 6. The van der Waals surface area contributed by atoms with Crippen LogP contribution in [-0.2, 0) is 4.79 Å². The first-order valence-corrected chi connectivity index (χ1v) is 4.90. The number of carbonyl (C=O) groups is 1. The molecule has 2 N–H and O–H groups in total. The molecule has 17 heavy (non-hydrogen) atoms. The highest BCUT2D eigenvalue weighted by molar-refractivity contribution is 5.70. The Labute approximate surface area is 99.1 Å². The minimum Gasteiger partial charge on any atom is -0.494 e. The molecule has 1 aromatic rings. The number of aliphatic carboxylic acids is 1. The fraction of sp³-hybridized carbons (Fsp3) is 0.364. The molecule has 1 rings (SSSR count). The average molecular weight is 241 g/mol. The normalized spacial score (nSPS) is 9.59. The molecule has 0 aliphatic carbocycles. The molecule has 0 bridgehead atoms. The van der Waals surface area contributed by atoms with Crippen molar-refractivity contribution in [2.45, 2.75) is 0 Å². The molecule has 0 heterocycles. The summed E-state index contributed by atoms with van der Waals surface area (Å²) in [6, 6.07) is 3.19. The van der Waals surface area contributed by atoms with Crippen LogP contribution in [0.1, 0.15) is 0 Å². The fourth-order valence-electron chi connectivity index (χ4n) is 1.36. The Balaban J connectivity index is 3.04. The van der Waals surface area contributed by atoms with Gasteiger partial charge in [0.15, 0.2) is 6.61 Å². The van der Waals surface area contributed by atoms with Crippen LogP contribution in [0.3, 0.4) is 0 Å². The topological polar surface area (TPSA) is 77.0 Å². The van der Waals surface area contributed by atoms with Gasteiger partial charge >= 0.3 is 5.97 Å². The zero-order valence-electron chi connectivity index (χ0n) is 9.94. The van der Waals surface area contributed by atoms with E-state index in [1.165, 1.54) is 14.2 Å². The van der Waals surface area contributed by atoms with E-state index in [9.17, 15) is 4.79 Å². The fourth-order valence-corrected chi connectivity index (χ4v) is 1.36. The number of benzene rings is 1. The molecule has 0 radical (unpaired) electrons. The third kappa shape index (κ3) is 3.17. The van der Waals surface area contributed by atoms with E-state index in [0.29, 0.717) is 22.9 Å². The number of nitrogens with one attached hydrogen (secondary N) is 1. The van der Waals surface area contributed by atoms with E-state index in [-0.39, 0.29) is 0 Å². The van der Waals surface area contributed by atoms with Crippen LogP contribution >= 0.6 is 0 Å². The lowest BCUT2D eigenvalue weighted by Crippen LogP contribution is -2.09. The predicted octanol–water partition coefficient (Wildman–Crippen LogP) is 1.21. The smallest absolute Gasteiger partial charge is 0.341 e. The first-order chi connectivity index (χ1) is 8.12. The number of carboxylic acid groups (broad SMARTS) is 1. The highest BCUT2D eigenvalue weighted by Crippen LogP contribution is 2.38. The minimum absolute atomic E-state index is 0.375. The third-order valence-corrected chi connectivity index (χ3v) is 2.09. The molecular weight excluding hydrogens is 226 g/mol.